The topological polar surface area (TPSA) is 70.7 Å². The second-order valence-electron chi connectivity index (χ2n) is 5.47. The number of rotatable bonds is 4. The van der Waals surface area contributed by atoms with Crippen molar-refractivity contribution in [1.82, 2.24) is 15.5 Å². The van der Waals surface area contributed by atoms with E-state index >= 15 is 0 Å². The van der Waals surface area contributed by atoms with Crippen LogP contribution in [0.4, 0.5) is 4.79 Å². The number of hydrogen-bond acceptors (Lipinski definition) is 4. The summed E-state index contributed by atoms with van der Waals surface area (Å²) >= 11 is 0. The van der Waals surface area contributed by atoms with E-state index in [1.54, 1.807) is 6.92 Å². The molecule has 1 saturated heterocycles. The molecule has 6 heteroatoms. The van der Waals surface area contributed by atoms with E-state index < -0.39 is 0 Å². The summed E-state index contributed by atoms with van der Waals surface area (Å²) in [6, 6.07) is -0.252. The standard InChI is InChI=1S/C14H23N3O3/c1-3-20-13(18)11-7-15-14(19)16-12(11)9-17-6-4-5-10(2)8-17/h10H,3-9H2,1-2H3,(H2,15,16,19)/t10-/m0/s1. The van der Waals surface area contributed by atoms with Crippen LogP contribution in [-0.2, 0) is 9.53 Å². The van der Waals surface area contributed by atoms with Crippen molar-refractivity contribution in [3.63, 3.8) is 0 Å². The molecule has 1 atom stereocenters. The van der Waals surface area contributed by atoms with Crippen molar-refractivity contribution in [2.75, 3.05) is 32.8 Å². The van der Waals surface area contributed by atoms with Gasteiger partial charge in [-0.15, -0.1) is 0 Å². The molecule has 2 amide bonds. The summed E-state index contributed by atoms with van der Waals surface area (Å²) in [6.45, 7) is 7.20. The van der Waals surface area contributed by atoms with E-state index in [0.717, 1.165) is 19.5 Å². The summed E-state index contributed by atoms with van der Waals surface area (Å²) in [6.07, 6.45) is 2.41. The van der Waals surface area contributed by atoms with E-state index in [2.05, 4.69) is 22.5 Å². The maximum absolute atomic E-state index is 11.9. The van der Waals surface area contributed by atoms with E-state index in [9.17, 15) is 9.59 Å². The fourth-order valence-corrected chi connectivity index (χ4v) is 2.73. The zero-order chi connectivity index (χ0) is 14.5. The van der Waals surface area contributed by atoms with Crippen molar-refractivity contribution < 1.29 is 14.3 Å². The number of piperidine rings is 1. The van der Waals surface area contributed by atoms with Crippen molar-refractivity contribution >= 4 is 12.0 Å². The van der Waals surface area contributed by atoms with E-state index in [4.69, 9.17) is 4.74 Å². The van der Waals surface area contributed by atoms with Gasteiger partial charge < -0.3 is 15.4 Å². The Labute approximate surface area is 119 Å². The van der Waals surface area contributed by atoms with E-state index in [1.165, 1.54) is 6.42 Å². The van der Waals surface area contributed by atoms with E-state index in [0.29, 0.717) is 30.3 Å². The fraction of sp³-hybridized carbons (Fsp3) is 0.714. The van der Waals surface area contributed by atoms with Crippen LogP contribution >= 0.6 is 0 Å². The number of ether oxygens (including phenoxy) is 1. The Morgan fingerprint density at radius 1 is 1.50 bits per heavy atom. The highest BCUT2D eigenvalue weighted by molar-refractivity contribution is 5.93. The first-order chi connectivity index (χ1) is 9.60. The van der Waals surface area contributed by atoms with Crippen LogP contribution in [-0.4, -0.2) is 49.7 Å². The second kappa shape index (κ2) is 6.74. The third-order valence-corrected chi connectivity index (χ3v) is 3.70. The molecule has 112 valence electrons. The van der Waals surface area contributed by atoms with Gasteiger partial charge in [-0.1, -0.05) is 6.92 Å². The summed E-state index contributed by atoms with van der Waals surface area (Å²) in [7, 11) is 0. The molecule has 0 aliphatic carbocycles. The Kier molecular flexibility index (Phi) is 5.00. The molecule has 2 heterocycles. The highest BCUT2D eigenvalue weighted by Crippen LogP contribution is 2.18. The SMILES string of the molecule is CCOC(=O)C1=C(CN2CCC[C@H](C)C2)NC(=O)NC1. The number of hydrogen-bond donors (Lipinski definition) is 2. The molecule has 2 N–H and O–H groups in total. The van der Waals surface area contributed by atoms with Gasteiger partial charge in [-0.05, 0) is 32.2 Å². The van der Waals surface area contributed by atoms with Crippen molar-refractivity contribution in [1.29, 1.82) is 0 Å². The average Bonchev–Trinajstić information content (AvgIpc) is 2.39. The number of esters is 1. The molecule has 0 aromatic rings. The number of carbonyl (C=O) groups is 2. The van der Waals surface area contributed by atoms with Crippen molar-refractivity contribution in [3.05, 3.63) is 11.3 Å². The highest BCUT2D eigenvalue weighted by Gasteiger charge is 2.26. The number of nitrogens with zero attached hydrogens (tertiary/aromatic N) is 1. The third kappa shape index (κ3) is 3.72. The van der Waals surface area contributed by atoms with Crippen LogP contribution in [0.15, 0.2) is 11.3 Å². The minimum absolute atomic E-state index is 0.239. The summed E-state index contributed by atoms with van der Waals surface area (Å²) in [5.74, 6) is 0.313. The summed E-state index contributed by atoms with van der Waals surface area (Å²) in [5, 5.41) is 5.38. The van der Waals surface area contributed by atoms with E-state index in [1.807, 2.05) is 0 Å². The predicted octanol–water partition coefficient (Wildman–Crippen LogP) is 0.848. The lowest BCUT2D eigenvalue weighted by Crippen LogP contribution is -2.48. The van der Waals surface area contributed by atoms with Gasteiger partial charge in [-0.3, -0.25) is 4.90 Å². The van der Waals surface area contributed by atoms with Crippen molar-refractivity contribution in [2.24, 2.45) is 5.92 Å². The minimum Gasteiger partial charge on any atom is -0.463 e. The maximum Gasteiger partial charge on any atom is 0.337 e. The number of urea groups is 1. The van der Waals surface area contributed by atoms with Gasteiger partial charge in [0.15, 0.2) is 0 Å². The third-order valence-electron chi connectivity index (χ3n) is 3.70. The Bertz CT molecular complexity index is 420. The molecule has 0 saturated carbocycles. The predicted molar refractivity (Wildman–Crippen MR) is 75.0 cm³/mol. The lowest BCUT2D eigenvalue weighted by molar-refractivity contribution is -0.138. The molecule has 2 aliphatic rings. The van der Waals surface area contributed by atoms with Crippen molar-refractivity contribution in [2.45, 2.75) is 26.7 Å². The maximum atomic E-state index is 11.9. The van der Waals surface area contributed by atoms with Gasteiger partial charge in [-0.2, -0.15) is 0 Å². The smallest absolute Gasteiger partial charge is 0.337 e. The van der Waals surface area contributed by atoms with Crippen LogP contribution in [0.1, 0.15) is 26.7 Å². The molecular formula is C14H23N3O3. The minimum atomic E-state index is -0.347. The molecule has 1 fully saturated rings. The van der Waals surface area contributed by atoms with Crippen LogP contribution < -0.4 is 10.6 Å². The lowest BCUT2D eigenvalue weighted by Gasteiger charge is -2.33. The van der Waals surface area contributed by atoms with Crippen LogP contribution in [0.5, 0.6) is 0 Å². The molecule has 0 aromatic carbocycles. The Morgan fingerprint density at radius 2 is 2.30 bits per heavy atom. The molecule has 2 rings (SSSR count). The molecule has 0 spiro atoms. The van der Waals surface area contributed by atoms with Gasteiger partial charge in [0.25, 0.3) is 0 Å². The van der Waals surface area contributed by atoms with Gasteiger partial charge in [0.05, 0.1) is 18.7 Å². The van der Waals surface area contributed by atoms with Gasteiger partial charge in [0, 0.05) is 18.8 Å². The highest BCUT2D eigenvalue weighted by atomic mass is 16.5. The lowest BCUT2D eigenvalue weighted by atomic mass is 10.00. The number of nitrogens with one attached hydrogen (secondary N) is 2. The summed E-state index contributed by atoms with van der Waals surface area (Å²) < 4.78 is 5.05. The molecular weight excluding hydrogens is 258 g/mol. The van der Waals surface area contributed by atoms with Gasteiger partial charge in [0.2, 0.25) is 0 Å². The Balaban J connectivity index is 2.09. The van der Waals surface area contributed by atoms with Crippen LogP contribution in [0.2, 0.25) is 0 Å². The first kappa shape index (κ1) is 14.8. The van der Waals surface area contributed by atoms with Crippen molar-refractivity contribution in [3.8, 4) is 0 Å². The molecule has 2 aliphatic heterocycles. The Hall–Kier alpha value is -1.56. The molecule has 0 aromatic heterocycles. The average molecular weight is 281 g/mol. The van der Waals surface area contributed by atoms with E-state index in [-0.39, 0.29) is 18.5 Å². The number of amides is 2. The zero-order valence-electron chi connectivity index (χ0n) is 12.2. The fourth-order valence-electron chi connectivity index (χ4n) is 2.73. The molecule has 6 nitrogen and oxygen atoms in total. The molecule has 20 heavy (non-hydrogen) atoms. The zero-order valence-corrected chi connectivity index (χ0v) is 12.2. The quantitative estimate of drug-likeness (QED) is 0.749. The number of carbonyl (C=O) groups excluding carboxylic acids is 2. The first-order valence-electron chi connectivity index (χ1n) is 7.26. The van der Waals surface area contributed by atoms with Crippen LogP contribution in [0.3, 0.4) is 0 Å². The number of likely N-dealkylation sites (tertiary alicyclic amines) is 1. The molecule has 0 radical (unpaired) electrons. The molecule has 0 bridgehead atoms. The van der Waals surface area contributed by atoms with Gasteiger partial charge in [0.1, 0.15) is 0 Å². The van der Waals surface area contributed by atoms with Gasteiger partial charge in [-0.25, -0.2) is 9.59 Å². The normalized spacial score (nSPS) is 24.1. The monoisotopic (exact) mass is 281 g/mol. The Morgan fingerprint density at radius 3 is 3.00 bits per heavy atom. The second-order valence-corrected chi connectivity index (χ2v) is 5.47. The van der Waals surface area contributed by atoms with Gasteiger partial charge >= 0.3 is 12.0 Å². The summed E-state index contributed by atoms with van der Waals surface area (Å²) in [5.41, 5.74) is 1.21. The van der Waals surface area contributed by atoms with Crippen LogP contribution in [0, 0.1) is 5.92 Å². The first-order valence-corrected chi connectivity index (χ1v) is 7.26. The summed E-state index contributed by atoms with van der Waals surface area (Å²) in [4.78, 5) is 25.7. The van der Waals surface area contributed by atoms with Crippen LogP contribution in [0.25, 0.3) is 0 Å². The molecule has 0 unspecified atom stereocenters. The largest absolute Gasteiger partial charge is 0.463 e.